The van der Waals surface area contributed by atoms with E-state index in [-0.39, 0.29) is 23.8 Å². The third-order valence-corrected chi connectivity index (χ3v) is 5.48. The lowest BCUT2D eigenvalue weighted by atomic mass is 9.69. The second-order valence-corrected chi connectivity index (χ2v) is 7.92. The molecule has 2 aliphatic rings. The maximum Gasteiger partial charge on any atom is 0.223 e. The van der Waals surface area contributed by atoms with Crippen LogP contribution in [-0.4, -0.2) is 23.7 Å². The third kappa shape index (κ3) is 3.97. The summed E-state index contributed by atoms with van der Waals surface area (Å²) in [5.41, 5.74) is 0.370. The first-order valence-electron chi connectivity index (χ1n) is 8.33. The molecule has 116 valence electrons. The molecule has 0 saturated heterocycles. The van der Waals surface area contributed by atoms with Crippen molar-refractivity contribution < 1.29 is 9.90 Å². The molecular weight excluding hydrogens is 250 g/mol. The topological polar surface area (TPSA) is 49.3 Å². The van der Waals surface area contributed by atoms with Gasteiger partial charge in [0.05, 0.1) is 6.10 Å². The Bertz CT molecular complexity index is 326. The summed E-state index contributed by atoms with van der Waals surface area (Å²) in [4.78, 5) is 12.2. The fraction of sp³-hybridized carbons (Fsp3) is 0.941. The minimum atomic E-state index is -0.202. The molecule has 0 spiro atoms. The van der Waals surface area contributed by atoms with Crippen LogP contribution in [-0.2, 0) is 4.79 Å². The zero-order valence-electron chi connectivity index (χ0n) is 13.3. The zero-order valence-corrected chi connectivity index (χ0v) is 13.3. The summed E-state index contributed by atoms with van der Waals surface area (Å²) in [6.07, 6.45) is 7.25. The maximum absolute atomic E-state index is 12.2. The molecule has 0 aromatic rings. The molecule has 2 atom stereocenters. The second-order valence-electron chi connectivity index (χ2n) is 7.92. The molecule has 2 rings (SSSR count). The molecule has 0 bridgehead atoms. The van der Waals surface area contributed by atoms with Crippen molar-refractivity contribution in [3.05, 3.63) is 0 Å². The second kappa shape index (κ2) is 6.46. The van der Waals surface area contributed by atoms with Crippen LogP contribution in [0.25, 0.3) is 0 Å². The largest absolute Gasteiger partial charge is 0.393 e. The van der Waals surface area contributed by atoms with Gasteiger partial charge in [-0.25, -0.2) is 0 Å². The van der Waals surface area contributed by atoms with E-state index in [0.717, 1.165) is 38.0 Å². The molecule has 2 saturated carbocycles. The highest BCUT2D eigenvalue weighted by molar-refractivity contribution is 5.78. The van der Waals surface area contributed by atoms with Crippen LogP contribution in [0.4, 0.5) is 0 Å². The lowest BCUT2D eigenvalue weighted by Gasteiger charge is -2.36. The first-order chi connectivity index (χ1) is 9.38. The van der Waals surface area contributed by atoms with Gasteiger partial charge in [-0.2, -0.15) is 0 Å². The van der Waals surface area contributed by atoms with Crippen LogP contribution in [0, 0.1) is 23.2 Å². The highest BCUT2D eigenvalue weighted by Gasteiger charge is 2.33. The van der Waals surface area contributed by atoms with E-state index in [1.165, 1.54) is 12.8 Å². The van der Waals surface area contributed by atoms with Gasteiger partial charge >= 0.3 is 0 Å². The van der Waals surface area contributed by atoms with E-state index >= 15 is 0 Å². The minimum absolute atomic E-state index is 0.201. The fourth-order valence-electron chi connectivity index (χ4n) is 3.85. The molecule has 2 N–H and O–H groups in total. The van der Waals surface area contributed by atoms with Crippen molar-refractivity contribution in [2.45, 2.75) is 71.8 Å². The minimum Gasteiger partial charge on any atom is -0.393 e. The number of rotatable bonds is 3. The Morgan fingerprint density at radius 2 is 1.75 bits per heavy atom. The molecule has 20 heavy (non-hydrogen) atoms. The standard InChI is InChI=1S/C17H31NO2/c1-17(2,3)14-9-7-12(8-10-14)16(20)18-11-13-5-4-6-15(13)19/h12-15,19H,4-11H2,1-3H3,(H,18,20). The molecular formula is C17H31NO2. The van der Waals surface area contributed by atoms with E-state index in [9.17, 15) is 9.90 Å². The Balaban J connectivity index is 1.72. The molecule has 0 heterocycles. The molecule has 0 aromatic carbocycles. The van der Waals surface area contributed by atoms with Crippen molar-refractivity contribution in [1.29, 1.82) is 0 Å². The smallest absolute Gasteiger partial charge is 0.223 e. The Kier molecular flexibility index (Phi) is 5.11. The van der Waals surface area contributed by atoms with Crippen molar-refractivity contribution in [1.82, 2.24) is 5.32 Å². The van der Waals surface area contributed by atoms with Gasteiger partial charge < -0.3 is 10.4 Å². The Morgan fingerprint density at radius 3 is 2.25 bits per heavy atom. The average molecular weight is 281 g/mol. The summed E-state index contributed by atoms with van der Waals surface area (Å²) >= 11 is 0. The van der Waals surface area contributed by atoms with Crippen LogP contribution >= 0.6 is 0 Å². The first-order valence-corrected chi connectivity index (χ1v) is 8.33. The van der Waals surface area contributed by atoms with E-state index in [0.29, 0.717) is 12.0 Å². The Morgan fingerprint density at radius 1 is 1.10 bits per heavy atom. The van der Waals surface area contributed by atoms with Crippen LogP contribution in [0.15, 0.2) is 0 Å². The molecule has 0 aliphatic heterocycles. The maximum atomic E-state index is 12.2. The number of carbonyl (C=O) groups excluding carboxylic acids is 1. The Labute approximate surface area is 123 Å². The molecule has 0 aromatic heterocycles. The van der Waals surface area contributed by atoms with Crippen LogP contribution in [0.5, 0.6) is 0 Å². The summed E-state index contributed by atoms with van der Waals surface area (Å²) in [6.45, 7) is 7.58. The summed E-state index contributed by atoms with van der Waals surface area (Å²) in [6, 6.07) is 0. The normalized spacial score (nSPS) is 35.0. The first kappa shape index (κ1) is 15.8. The van der Waals surface area contributed by atoms with Gasteiger partial charge in [0.25, 0.3) is 0 Å². The van der Waals surface area contributed by atoms with Gasteiger partial charge in [0.15, 0.2) is 0 Å². The predicted octanol–water partition coefficient (Wildman–Crippen LogP) is 3.12. The number of aliphatic hydroxyl groups is 1. The lowest BCUT2D eigenvalue weighted by molar-refractivity contribution is -0.126. The molecule has 2 fully saturated rings. The van der Waals surface area contributed by atoms with Crippen molar-refractivity contribution in [2.75, 3.05) is 6.54 Å². The van der Waals surface area contributed by atoms with Gasteiger partial charge in [0.2, 0.25) is 5.91 Å². The van der Waals surface area contributed by atoms with Crippen LogP contribution in [0.3, 0.4) is 0 Å². The van der Waals surface area contributed by atoms with Gasteiger partial charge in [-0.1, -0.05) is 27.2 Å². The van der Waals surface area contributed by atoms with E-state index in [2.05, 4.69) is 26.1 Å². The molecule has 2 unspecified atom stereocenters. The van der Waals surface area contributed by atoms with E-state index in [1.54, 1.807) is 0 Å². The van der Waals surface area contributed by atoms with Crippen LogP contribution in [0.1, 0.15) is 65.7 Å². The Hall–Kier alpha value is -0.570. The van der Waals surface area contributed by atoms with Gasteiger partial charge in [0.1, 0.15) is 0 Å². The quantitative estimate of drug-likeness (QED) is 0.835. The van der Waals surface area contributed by atoms with Gasteiger partial charge in [-0.15, -0.1) is 0 Å². The van der Waals surface area contributed by atoms with E-state index in [1.807, 2.05) is 0 Å². The van der Waals surface area contributed by atoms with E-state index < -0.39 is 0 Å². The third-order valence-electron chi connectivity index (χ3n) is 5.48. The number of nitrogens with one attached hydrogen (secondary N) is 1. The predicted molar refractivity (Wildman–Crippen MR) is 81.3 cm³/mol. The van der Waals surface area contributed by atoms with Gasteiger partial charge in [-0.05, 0) is 49.9 Å². The lowest BCUT2D eigenvalue weighted by Crippen LogP contribution is -2.38. The molecule has 3 nitrogen and oxygen atoms in total. The summed E-state index contributed by atoms with van der Waals surface area (Å²) in [7, 11) is 0. The zero-order chi connectivity index (χ0) is 14.8. The number of aliphatic hydroxyl groups excluding tert-OH is 1. The summed E-state index contributed by atoms with van der Waals surface area (Å²) in [5.74, 6) is 1.46. The average Bonchev–Trinajstić information content (AvgIpc) is 2.81. The number of amides is 1. The van der Waals surface area contributed by atoms with Gasteiger partial charge in [-0.3, -0.25) is 4.79 Å². The molecule has 2 aliphatic carbocycles. The highest BCUT2D eigenvalue weighted by atomic mass is 16.3. The molecule has 3 heteroatoms. The highest BCUT2D eigenvalue weighted by Crippen LogP contribution is 2.39. The number of carbonyl (C=O) groups is 1. The van der Waals surface area contributed by atoms with Crippen molar-refractivity contribution in [3.63, 3.8) is 0 Å². The molecule has 1 amide bonds. The van der Waals surface area contributed by atoms with Crippen LogP contribution < -0.4 is 5.32 Å². The van der Waals surface area contributed by atoms with Gasteiger partial charge in [0, 0.05) is 18.4 Å². The van der Waals surface area contributed by atoms with Crippen molar-refractivity contribution >= 4 is 5.91 Å². The monoisotopic (exact) mass is 281 g/mol. The van der Waals surface area contributed by atoms with Crippen molar-refractivity contribution in [3.8, 4) is 0 Å². The fourth-order valence-corrected chi connectivity index (χ4v) is 3.85. The van der Waals surface area contributed by atoms with Crippen LogP contribution in [0.2, 0.25) is 0 Å². The SMILES string of the molecule is CC(C)(C)C1CCC(C(=O)NCC2CCCC2O)CC1. The number of hydrogen-bond acceptors (Lipinski definition) is 2. The summed E-state index contributed by atoms with van der Waals surface area (Å²) < 4.78 is 0. The summed E-state index contributed by atoms with van der Waals surface area (Å²) in [5, 5.41) is 12.9. The van der Waals surface area contributed by atoms with Crippen molar-refractivity contribution in [2.24, 2.45) is 23.2 Å². The molecule has 0 radical (unpaired) electrons. The van der Waals surface area contributed by atoms with E-state index in [4.69, 9.17) is 0 Å². The number of hydrogen-bond donors (Lipinski definition) is 2.